The second-order valence-electron chi connectivity index (χ2n) is 2.35. The number of hydrogen-bond acceptors (Lipinski definition) is 3. The summed E-state index contributed by atoms with van der Waals surface area (Å²) in [5, 5.41) is 0. The molecule has 2 amide bonds. The van der Waals surface area contributed by atoms with Gasteiger partial charge in [0.05, 0.1) is 6.61 Å². The molecule has 72 valence electrons. The highest BCUT2D eigenvalue weighted by molar-refractivity contribution is 5.87. The van der Waals surface area contributed by atoms with Crippen LogP contribution in [0.1, 0.15) is 13.3 Å². The zero-order chi connectivity index (χ0) is 10.3. The van der Waals surface area contributed by atoms with Crippen LogP contribution in [0, 0.1) is 0 Å². The highest BCUT2D eigenvalue weighted by Crippen LogP contribution is 1.92. The SMILES string of the molecule is C=C(C)C(=O)OCCC=NC(N)=O. The maximum absolute atomic E-state index is 10.8. The Kier molecular flexibility index (Phi) is 5.18. The van der Waals surface area contributed by atoms with Gasteiger partial charge in [-0.15, -0.1) is 0 Å². The second kappa shape index (κ2) is 5.93. The molecular formula is C8H12N2O3. The van der Waals surface area contributed by atoms with Crippen LogP contribution < -0.4 is 5.73 Å². The number of esters is 1. The van der Waals surface area contributed by atoms with E-state index in [1.54, 1.807) is 6.92 Å². The van der Waals surface area contributed by atoms with Gasteiger partial charge in [0, 0.05) is 18.2 Å². The summed E-state index contributed by atoms with van der Waals surface area (Å²) < 4.78 is 4.70. The lowest BCUT2D eigenvalue weighted by atomic mass is 10.4. The monoisotopic (exact) mass is 184 g/mol. The number of aliphatic imine (C=N–C) groups is 1. The Labute approximate surface area is 76.3 Å². The Morgan fingerprint density at radius 1 is 1.62 bits per heavy atom. The summed E-state index contributed by atoms with van der Waals surface area (Å²) in [4.78, 5) is 24.2. The number of carbonyl (C=O) groups is 2. The molecule has 0 aliphatic rings. The topological polar surface area (TPSA) is 81.8 Å². The summed E-state index contributed by atoms with van der Waals surface area (Å²) >= 11 is 0. The van der Waals surface area contributed by atoms with Crippen molar-refractivity contribution in [3.05, 3.63) is 12.2 Å². The van der Waals surface area contributed by atoms with E-state index in [1.165, 1.54) is 6.21 Å². The third-order valence-electron chi connectivity index (χ3n) is 1.05. The quantitative estimate of drug-likeness (QED) is 0.301. The number of primary amides is 1. The highest BCUT2D eigenvalue weighted by atomic mass is 16.5. The Bertz CT molecular complexity index is 246. The Morgan fingerprint density at radius 3 is 2.69 bits per heavy atom. The van der Waals surface area contributed by atoms with Crippen molar-refractivity contribution < 1.29 is 14.3 Å². The second-order valence-corrected chi connectivity index (χ2v) is 2.35. The molecule has 0 aliphatic heterocycles. The fourth-order valence-electron chi connectivity index (χ4n) is 0.482. The van der Waals surface area contributed by atoms with Gasteiger partial charge in [-0.1, -0.05) is 6.58 Å². The first-order chi connectivity index (χ1) is 6.04. The van der Waals surface area contributed by atoms with Crippen molar-refractivity contribution in [2.45, 2.75) is 13.3 Å². The zero-order valence-electron chi connectivity index (χ0n) is 7.45. The minimum absolute atomic E-state index is 0.169. The van der Waals surface area contributed by atoms with Gasteiger partial charge >= 0.3 is 12.0 Å². The lowest BCUT2D eigenvalue weighted by Gasteiger charge is -2.00. The van der Waals surface area contributed by atoms with Crippen molar-refractivity contribution in [2.75, 3.05) is 6.61 Å². The van der Waals surface area contributed by atoms with Crippen LogP contribution in [0.4, 0.5) is 4.79 Å². The Morgan fingerprint density at radius 2 is 2.23 bits per heavy atom. The van der Waals surface area contributed by atoms with Gasteiger partial charge in [0.2, 0.25) is 0 Å². The van der Waals surface area contributed by atoms with E-state index in [9.17, 15) is 9.59 Å². The summed E-state index contributed by atoms with van der Waals surface area (Å²) in [6.45, 7) is 5.12. The molecule has 0 atom stereocenters. The first-order valence-electron chi connectivity index (χ1n) is 3.68. The van der Waals surface area contributed by atoms with E-state index in [0.717, 1.165) is 0 Å². The molecule has 0 aromatic heterocycles. The lowest BCUT2D eigenvalue weighted by Crippen LogP contribution is -2.08. The van der Waals surface area contributed by atoms with Crippen molar-refractivity contribution in [1.29, 1.82) is 0 Å². The summed E-state index contributed by atoms with van der Waals surface area (Å²) in [6, 6.07) is -0.758. The van der Waals surface area contributed by atoms with Crippen molar-refractivity contribution in [3.63, 3.8) is 0 Å². The standard InChI is InChI=1S/C8H12N2O3/c1-6(2)7(11)13-5-3-4-10-8(9)12/h4H,1,3,5H2,2H3,(H2,9,12). The predicted octanol–water partition coefficient (Wildman–Crippen LogP) is 0.645. The van der Waals surface area contributed by atoms with Crippen LogP contribution in [-0.4, -0.2) is 24.8 Å². The van der Waals surface area contributed by atoms with Crippen molar-refractivity contribution in [3.8, 4) is 0 Å². The highest BCUT2D eigenvalue weighted by Gasteiger charge is 2.00. The van der Waals surface area contributed by atoms with Gasteiger partial charge in [-0.3, -0.25) is 0 Å². The normalized spacial score (nSPS) is 9.92. The smallest absolute Gasteiger partial charge is 0.337 e. The molecule has 13 heavy (non-hydrogen) atoms. The fraction of sp³-hybridized carbons (Fsp3) is 0.375. The molecule has 0 bridgehead atoms. The fourth-order valence-corrected chi connectivity index (χ4v) is 0.482. The molecule has 0 aromatic rings. The number of hydrogen-bond donors (Lipinski definition) is 1. The third kappa shape index (κ3) is 6.74. The Hall–Kier alpha value is -1.65. The molecule has 0 saturated carbocycles. The van der Waals surface area contributed by atoms with Gasteiger partial charge < -0.3 is 10.5 Å². The molecule has 0 aliphatic carbocycles. The minimum atomic E-state index is -0.758. The first kappa shape index (κ1) is 11.4. The van der Waals surface area contributed by atoms with E-state index >= 15 is 0 Å². The summed E-state index contributed by atoms with van der Waals surface area (Å²) in [6.07, 6.45) is 1.66. The molecule has 0 radical (unpaired) electrons. The van der Waals surface area contributed by atoms with E-state index in [4.69, 9.17) is 10.5 Å². The molecule has 0 rings (SSSR count). The van der Waals surface area contributed by atoms with Gasteiger partial charge in [-0.05, 0) is 6.92 Å². The van der Waals surface area contributed by atoms with Gasteiger partial charge in [0.15, 0.2) is 0 Å². The average Bonchev–Trinajstić information content (AvgIpc) is 2.02. The van der Waals surface area contributed by atoms with E-state index in [-0.39, 0.29) is 6.61 Å². The van der Waals surface area contributed by atoms with E-state index < -0.39 is 12.0 Å². The summed E-state index contributed by atoms with van der Waals surface area (Å²) in [5.74, 6) is -0.451. The largest absolute Gasteiger partial charge is 0.462 e. The number of rotatable bonds is 4. The molecule has 2 N–H and O–H groups in total. The summed E-state index contributed by atoms with van der Waals surface area (Å²) in [7, 11) is 0. The number of carbonyl (C=O) groups excluding carboxylic acids is 2. The maximum atomic E-state index is 10.8. The zero-order valence-corrected chi connectivity index (χ0v) is 7.45. The number of amides is 2. The van der Waals surface area contributed by atoms with Crippen LogP contribution in [0.2, 0.25) is 0 Å². The number of ether oxygens (including phenoxy) is 1. The molecular weight excluding hydrogens is 172 g/mol. The lowest BCUT2D eigenvalue weighted by molar-refractivity contribution is -0.138. The molecule has 0 heterocycles. The molecule has 0 saturated heterocycles. The maximum Gasteiger partial charge on any atom is 0.337 e. The predicted molar refractivity (Wildman–Crippen MR) is 48.5 cm³/mol. The third-order valence-corrected chi connectivity index (χ3v) is 1.05. The van der Waals surface area contributed by atoms with Crippen LogP contribution in [0.15, 0.2) is 17.1 Å². The number of nitrogens with two attached hydrogens (primary N) is 1. The molecule has 5 heteroatoms. The summed E-state index contributed by atoms with van der Waals surface area (Å²) in [5.41, 5.74) is 5.06. The number of urea groups is 1. The molecule has 0 unspecified atom stereocenters. The van der Waals surface area contributed by atoms with Crippen LogP contribution in [0.25, 0.3) is 0 Å². The van der Waals surface area contributed by atoms with Crippen LogP contribution in [0.5, 0.6) is 0 Å². The molecule has 0 aromatic carbocycles. The van der Waals surface area contributed by atoms with Gasteiger partial charge in [0.1, 0.15) is 0 Å². The first-order valence-corrected chi connectivity index (χ1v) is 3.68. The van der Waals surface area contributed by atoms with Crippen molar-refractivity contribution >= 4 is 18.2 Å². The molecule has 0 fully saturated rings. The molecule has 0 spiro atoms. The van der Waals surface area contributed by atoms with Gasteiger partial charge in [-0.2, -0.15) is 0 Å². The van der Waals surface area contributed by atoms with Crippen LogP contribution in [-0.2, 0) is 9.53 Å². The van der Waals surface area contributed by atoms with E-state index in [2.05, 4.69) is 11.6 Å². The van der Waals surface area contributed by atoms with Gasteiger partial charge in [0.25, 0.3) is 0 Å². The van der Waals surface area contributed by atoms with Crippen LogP contribution in [0.3, 0.4) is 0 Å². The van der Waals surface area contributed by atoms with E-state index in [1.807, 2.05) is 0 Å². The van der Waals surface area contributed by atoms with Gasteiger partial charge in [-0.25, -0.2) is 14.6 Å². The van der Waals surface area contributed by atoms with Crippen molar-refractivity contribution in [2.24, 2.45) is 10.7 Å². The average molecular weight is 184 g/mol. The Balaban J connectivity index is 3.52. The molecule has 5 nitrogen and oxygen atoms in total. The van der Waals surface area contributed by atoms with Crippen LogP contribution >= 0.6 is 0 Å². The van der Waals surface area contributed by atoms with E-state index in [0.29, 0.717) is 12.0 Å². The minimum Gasteiger partial charge on any atom is -0.462 e. The number of nitrogens with zero attached hydrogens (tertiary/aromatic N) is 1. The van der Waals surface area contributed by atoms with Crippen molar-refractivity contribution in [1.82, 2.24) is 0 Å².